The van der Waals surface area contributed by atoms with Gasteiger partial charge in [0, 0.05) is 12.2 Å². The lowest BCUT2D eigenvalue weighted by Gasteiger charge is -2.07. The van der Waals surface area contributed by atoms with Crippen molar-refractivity contribution in [1.82, 2.24) is 20.1 Å². The van der Waals surface area contributed by atoms with E-state index < -0.39 is 0 Å². The third kappa shape index (κ3) is 2.48. The monoisotopic (exact) mass is 250 g/mol. The van der Waals surface area contributed by atoms with Crippen LogP contribution in [0.5, 0.6) is 0 Å². The summed E-state index contributed by atoms with van der Waals surface area (Å²) >= 11 is 5.98. The van der Waals surface area contributed by atoms with Crippen LogP contribution in [0.1, 0.15) is 17.0 Å². The molecule has 0 saturated carbocycles. The van der Waals surface area contributed by atoms with Crippen molar-refractivity contribution in [2.24, 2.45) is 0 Å². The van der Waals surface area contributed by atoms with Gasteiger partial charge in [-0.1, -0.05) is 17.7 Å². The molecule has 0 bridgehead atoms. The Labute approximate surface area is 106 Å². The molecule has 2 heterocycles. The minimum atomic E-state index is 0.656. The highest BCUT2D eigenvalue weighted by Crippen LogP contribution is 2.16. The zero-order valence-corrected chi connectivity index (χ0v) is 10.9. The Hall–Kier alpha value is -1.39. The van der Waals surface area contributed by atoms with E-state index in [4.69, 9.17) is 11.6 Å². The third-order valence-corrected chi connectivity index (χ3v) is 2.99. The minimum Gasteiger partial charge on any atom is -0.316 e. The molecule has 0 saturated heterocycles. The number of pyridine rings is 1. The molecular formula is C12H15ClN4. The summed E-state index contributed by atoms with van der Waals surface area (Å²) in [6.07, 6.45) is 1.77. The molecule has 0 atom stereocenters. The van der Waals surface area contributed by atoms with E-state index in [1.807, 2.05) is 27.0 Å². The second-order valence-corrected chi connectivity index (χ2v) is 4.36. The predicted octanol–water partition coefficient (Wildman–Crippen LogP) is 2.26. The molecule has 0 unspecified atom stereocenters. The first kappa shape index (κ1) is 12.1. The molecule has 2 rings (SSSR count). The molecule has 2 aromatic rings. The van der Waals surface area contributed by atoms with Crippen molar-refractivity contribution >= 4 is 11.6 Å². The van der Waals surface area contributed by atoms with Gasteiger partial charge in [-0.3, -0.25) is 0 Å². The Kier molecular flexibility index (Phi) is 3.45. The van der Waals surface area contributed by atoms with Crippen LogP contribution in [0.4, 0.5) is 0 Å². The molecule has 90 valence electrons. The van der Waals surface area contributed by atoms with Crippen LogP contribution in [0.25, 0.3) is 5.82 Å². The van der Waals surface area contributed by atoms with Crippen molar-refractivity contribution in [2.45, 2.75) is 20.4 Å². The van der Waals surface area contributed by atoms with Crippen LogP contribution in [0.15, 0.2) is 18.3 Å². The number of aromatic nitrogens is 3. The fourth-order valence-electron chi connectivity index (χ4n) is 1.64. The molecule has 0 amide bonds. The van der Waals surface area contributed by atoms with Crippen molar-refractivity contribution in [3.63, 3.8) is 0 Å². The largest absolute Gasteiger partial charge is 0.316 e. The lowest BCUT2D eigenvalue weighted by molar-refractivity contribution is 0.787. The molecule has 0 aliphatic heterocycles. The first-order chi connectivity index (χ1) is 8.11. The van der Waals surface area contributed by atoms with E-state index in [1.54, 1.807) is 10.9 Å². The number of hydrogen-bond acceptors (Lipinski definition) is 3. The number of aryl methyl sites for hydroxylation is 2. The fraction of sp³-hybridized carbons (Fsp3) is 0.333. The first-order valence-corrected chi connectivity index (χ1v) is 5.83. The standard InChI is InChI=1S/C12H15ClN4/c1-8-10(6-14-3)4-5-12(15-8)17-7-11(13)9(2)16-17/h4-5,7,14H,6H2,1-3H3. The quantitative estimate of drug-likeness (QED) is 0.909. The number of nitrogens with zero attached hydrogens (tertiary/aromatic N) is 3. The molecule has 0 aliphatic rings. The van der Waals surface area contributed by atoms with Gasteiger partial charge in [0.05, 0.1) is 16.9 Å². The molecular weight excluding hydrogens is 236 g/mol. The SMILES string of the molecule is CNCc1ccc(-n2cc(Cl)c(C)n2)nc1C. The first-order valence-electron chi connectivity index (χ1n) is 5.45. The molecule has 0 aromatic carbocycles. The van der Waals surface area contributed by atoms with E-state index in [0.717, 1.165) is 23.8 Å². The van der Waals surface area contributed by atoms with Gasteiger partial charge in [0.1, 0.15) is 0 Å². The van der Waals surface area contributed by atoms with Gasteiger partial charge >= 0.3 is 0 Å². The van der Waals surface area contributed by atoms with Crippen LogP contribution in [-0.2, 0) is 6.54 Å². The van der Waals surface area contributed by atoms with Gasteiger partial charge in [-0.25, -0.2) is 9.67 Å². The zero-order valence-electron chi connectivity index (χ0n) is 10.2. The maximum absolute atomic E-state index is 5.98. The van der Waals surface area contributed by atoms with Gasteiger partial charge in [-0.2, -0.15) is 5.10 Å². The number of rotatable bonds is 3. The summed E-state index contributed by atoms with van der Waals surface area (Å²) in [7, 11) is 1.92. The summed E-state index contributed by atoms with van der Waals surface area (Å²) in [5.74, 6) is 0.789. The van der Waals surface area contributed by atoms with E-state index in [-0.39, 0.29) is 0 Å². The van der Waals surface area contributed by atoms with Crippen LogP contribution in [0.3, 0.4) is 0 Å². The summed E-state index contributed by atoms with van der Waals surface area (Å²) in [4.78, 5) is 4.52. The molecule has 5 heteroatoms. The van der Waals surface area contributed by atoms with Gasteiger partial charge in [-0.05, 0) is 32.5 Å². The van der Waals surface area contributed by atoms with Crippen LogP contribution in [0.2, 0.25) is 5.02 Å². The van der Waals surface area contributed by atoms with Crippen molar-refractivity contribution in [3.8, 4) is 5.82 Å². The lowest BCUT2D eigenvalue weighted by Crippen LogP contribution is -2.09. The summed E-state index contributed by atoms with van der Waals surface area (Å²) < 4.78 is 1.70. The van der Waals surface area contributed by atoms with Crippen LogP contribution >= 0.6 is 11.6 Å². The van der Waals surface area contributed by atoms with Gasteiger partial charge in [-0.15, -0.1) is 0 Å². The van der Waals surface area contributed by atoms with E-state index in [9.17, 15) is 0 Å². The van der Waals surface area contributed by atoms with Gasteiger partial charge in [0.15, 0.2) is 5.82 Å². The van der Waals surface area contributed by atoms with Gasteiger partial charge < -0.3 is 5.32 Å². The van der Waals surface area contributed by atoms with E-state index in [1.165, 1.54) is 5.56 Å². The third-order valence-electron chi connectivity index (χ3n) is 2.62. The molecule has 0 aliphatic carbocycles. The molecule has 0 spiro atoms. The number of nitrogens with one attached hydrogen (secondary N) is 1. The topological polar surface area (TPSA) is 42.7 Å². The van der Waals surface area contributed by atoms with E-state index in [0.29, 0.717) is 5.02 Å². The second-order valence-electron chi connectivity index (χ2n) is 3.95. The maximum Gasteiger partial charge on any atom is 0.153 e. The van der Waals surface area contributed by atoms with Crippen molar-refractivity contribution in [1.29, 1.82) is 0 Å². The molecule has 0 fully saturated rings. The Balaban J connectivity index is 2.37. The number of halogens is 1. The fourth-order valence-corrected chi connectivity index (χ4v) is 1.77. The minimum absolute atomic E-state index is 0.656. The normalized spacial score (nSPS) is 10.8. The molecule has 0 radical (unpaired) electrons. The summed E-state index contributed by atoms with van der Waals surface area (Å²) in [5, 5.41) is 8.07. The smallest absolute Gasteiger partial charge is 0.153 e. The van der Waals surface area contributed by atoms with Gasteiger partial charge in [0.2, 0.25) is 0 Å². The van der Waals surface area contributed by atoms with E-state index in [2.05, 4.69) is 21.5 Å². The highest BCUT2D eigenvalue weighted by atomic mass is 35.5. The zero-order chi connectivity index (χ0) is 12.4. The van der Waals surface area contributed by atoms with Crippen LogP contribution in [0, 0.1) is 13.8 Å². The van der Waals surface area contributed by atoms with Crippen LogP contribution < -0.4 is 5.32 Å². The Morgan fingerprint density at radius 3 is 2.59 bits per heavy atom. The van der Waals surface area contributed by atoms with Crippen molar-refractivity contribution < 1.29 is 0 Å². The summed E-state index contributed by atoms with van der Waals surface area (Å²) in [5.41, 5.74) is 3.00. The van der Waals surface area contributed by atoms with Crippen molar-refractivity contribution in [3.05, 3.63) is 40.3 Å². The Bertz CT molecular complexity index is 514. The second kappa shape index (κ2) is 4.85. The maximum atomic E-state index is 5.98. The highest BCUT2D eigenvalue weighted by molar-refractivity contribution is 6.31. The predicted molar refractivity (Wildman–Crippen MR) is 68.6 cm³/mol. The molecule has 1 N–H and O–H groups in total. The highest BCUT2D eigenvalue weighted by Gasteiger charge is 2.06. The molecule has 4 nitrogen and oxygen atoms in total. The Morgan fingerprint density at radius 1 is 1.29 bits per heavy atom. The average molecular weight is 251 g/mol. The van der Waals surface area contributed by atoms with Gasteiger partial charge in [0.25, 0.3) is 0 Å². The van der Waals surface area contributed by atoms with E-state index >= 15 is 0 Å². The number of hydrogen-bond donors (Lipinski definition) is 1. The lowest BCUT2D eigenvalue weighted by atomic mass is 10.2. The Morgan fingerprint density at radius 2 is 2.06 bits per heavy atom. The summed E-state index contributed by atoms with van der Waals surface area (Å²) in [6.45, 7) is 4.69. The summed E-state index contributed by atoms with van der Waals surface area (Å²) in [6, 6.07) is 4.00. The van der Waals surface area contributed by atoms with Crippen LogP contribution in [-0.4, -0.2) is 21.8 Å². The molecule has 2 aromatic heterocycles. The average Bonchev–Trinajstić information content (AvgIpc) is 2.62. The van der Waals surface area contributed by atoms with Crippen molar-refractivity contribution in [2.75, 3.05) is 7.05 Å². The molecule has 17 heavy (non-hydrogen) atoms.